The number of thioether (sulfide) groups is 1. The number of rotatable bonds is 3. The van der Waals surface area contributed by atoms with E-state index < -0.39 is 17.4 Å². The Bertz CT molecular complexity index is 270. The monoisotopic (exact) mass is 224 g/mol. The maximum atomic E-state index is 13.1. The smallest absolute Gasteiger partial charge is 0.241 e. The van der Waals surface area contributed by atoms with Crippen molar-refractivity contribution < 1.29 is 17.6 Å². The first-order valence-electron chi connectivity index (χ1n) is 3.89. The molecule has 1 unspecified atom stereocenters. The van der Waals surface area contributed by atoms with Gasteiger partial charge in [-0.15, -0.1) is 0 Å². The number of benzene rings is 1. The molecule has 14 heavy (non-hydrogen) atoms. The third-order valence-corrected chi connectivity index (χ3v) is 2.34. The van der Waals surface area contributed by atoms with Crippen LogP contribution in [0.5, 0.6) is 0 Å². The van der Waals surface area contributed by atoms with Crippen molar-refractivity contribution in [3.8, 4) is 0 Å². The first-order valence-corrected chi connectivity index (χ1v) is 4.87. The molecule has 1 aromatic rings. The van der Waals surface area contributed by atoms with Crippen molar-refractivity contribution in [2.45, 2.75) is 11.7 Å². The summed E-state index contributed by atoms with van der Waals surface area (Å²) in [6.45, 7) is 0. The van der Waals surface area contributed by atoms with E-state index in [1.807, 2.05) is 0 Å². The molecule has 0 bridgehead atoms. The predicted molar refractivity (Wildman–Crippen MR) is 48.8 cm³/mol. The highest BCUT2D eigenvalue weighted by molar-refractivity contribution is 8.00. The van der Waals surface area contributed by atoms with Crippen molar-refractivity contribution in [2.24, 2.45) is 0 Å². The summed E-state index contributed by atoms with van der Waals surface area (Å²) in [7, 11) is 0. The SMILES string of the molecule is FC(CSC(F)(F)F)c1ccccc1. The van der Waals surface area contributed by atoms with E-state index in [0.717, 1.165) is 0 Å². The van der Waals surface area contributed by atoms with E-state index in [0.29, 0.717) is 0 Å². The van der Waals surface area contributed by atoms with Gasteiger partial charge in [-0.3, -0.25) is 0 Å². The van der Waals surface area contributed by atoms with Gasteiger partial charge >= 0.3 is 5.51 Å². The van der Waals surface area contributed by atoms with E-state index in [4.69, 9.17) is 0 Å². The van der Waals surface area contributed by atoms with Gasteiger partial charge in [-0.25, -0.2) is 4.39 Å². The van der Waals surface area contributed by atoms with Crippen molar-refractivity contribution in [3.63, 3.8) is 0 Å². The van der Waals surface area contributed by atoms with Gasteiger partial charge in [-0.2, -0.15) is 13.2 Å². The van der Waals surface area contributed by atoms with Gasteiger partial charge in [0.2, 0.25) is 0 Å². The van der Waals surface area contributed by atoms with Crippen molar-refractivity contribution in [3.05, 3.63) is 35.9 Å². The molecule has 5 heteroatoms. The summed E-state index contributed by atoms with van der Waals surface area (Å²) >= 11 is -0.338. The molecule has 0 aliphatic rings. The number of hydrogen-bond acceptors (Lipinski definition) is 1. The third-order valence-electron chi connectivity index (χ3n) is 1.55. The van der Waals surface area contributed by atoms with Gasteiger partial charge in [0.05, 0.1) is 0 Å². The molecule has 0 heterocycles. The molecular formula is C9H8F4S. The van der Waals surface area contributed by atoms with Crippen LogP contribution in [0.2, 0.25) is 0 Å². The van der Waals surface area contributed by atoms with Crippen molar-refractivity contribution in [1.29, 1.82) is 0 Å². The average molecular weight is 224 g/mol. The summed E-state index contributed by atoms with van der Waals surface area (Å²) in [6, 6.07) is 7.83. The van der Waals surface area contributed by atoms with Crippen LogP contribution >= 0.6 is 11.8 Å². The maximum Gasteiger partial charge on any atom is 0.441 e. The molecule has 1 atom stereocenters. The second kappa shape index (κ2) is 4.68. The highest BCUT2D eigenvalue weighted by Crippen LogP contribution is 2.34. The Hall–Kier alpha value is -0.710. The van der Waals surface area contributed by atoms with Crippen LogP contribution in [0.25, 0.3) is 0 Å². The minimum Gasteiger partial charge on any atom is -0.241 e. The second-order valence-corrected chi connectivity index (χ2v) is 3.72. The van der Waals surface area contributed by atoms with Crippen LogP contribution in [0.4, 0.5) is 17.6 Å². The molecule has 0 aliphatic heterocycles. The lowest BCUT2D eigenvalue weighted by Crippen LogP contribution is -2.05. The Balaban J connectivity index is 2.48. The molecule has 0 amide bonds. The zero-order valence-electron chi connectivity index (χ0n) is 7.09. The second-order valence-electron chi connectivity index (χ2n) is 2.63. The standard InChI is InChI=1S/C9H8F4S/c10-8(6-14-9(11,12)13)7-4-2-1-3-5-7/h1-5,8H,6H2. The van der Waals surface area contributed by atoms with Crippen LogP contribution in [0.3, 0.4) is 0 Å². The van der Waals surface area contributed by atoms with Crippen LogP contribution < -0.4 is 0 Å². The summed E-state index contributed by atoms with van der Waals surface area (Å²) in [5, 5.41) is 0. The number of halogens is 4. The molecular weight excluding hydrogens is 216 g/mol. The predicted octanol–water partition coefficient (Wildman–Crippen LogP) is 3.95. The van der Waals surface area contributed by atoms with Crippen LogP contribution in [0.1, 0.15) is 11.7 Å². The first-order chi connectivity index (χ1) is 6.49. The largest absolute Gasteiger partial charge is 0.441 e. The number of hydrogen-bond donors (Lipinski definition) is 0. The summed E-state index contributed by atoms with van der Waals surface area (Å²) in [5.41, 5.74) is -4.08. The summed E-state index contributed by atoms with van der Waals surface area (Å²) in [6.07, 6.45) is -1.57. The molecule has 1 rings (SSSR count). The highest BCUT2D eigenvalue weighted by atomic mass is 32.2. The van der Waals surface area contributed by atoms with Crippen LogP contribution in [0, 0.1) is 0 Å². The van der Waals surface area contributed by atoms with E-state index in [9.17, 15) is 17.6 Å². The maximum absolute atomic E-state index is 13.1. The van der Waals surface area contributed by atoms with Crippen molar-refractivity contribution in [2.75, 3.05) is 5.75 Å². The van der Waals surface area contributed by atoms with Gasteiger partial charge < -0.3 is 0 Å². The molecule has 0 aliphatic carbocycles. The molecule has 1 aromatic carbocycles. The van der Waals surface area contributed by atoms with E-state index in [1.54, 1.807) is 18.2 Å². The normalized spacial score (nSPS) is 14.0. The Morgan fingerprint density at radius 2 is 1.71 bits per heavy atom. The van der Waals surface area contributed by atoms with Crippen LogP contribution in [-0.2, 0) is 0 Å². The molecule has 0 saturated heterocycles. The molecule has 0 N–H and O–H groups in total. The highest BCUT2D eigenvalue weighted by Gasteiger charge is 2.29. The fraction of sp³-hybridized carbons (Fsp3) is 0.333. The van der Waals surface area contributed by atoms with Gasteiger partial charge in [0, 0.05) is 5.75 Å². The van der Waals surface area contributed by atoms with Crippen molar-refractivity contribution in [1.82, 2.24) is 0 Å². The zero-order chi connectivity index (χ0) is 10.6. The van der Waals surface area contributed by atoms with Crippen LogP contribution in [0.15, 0.2) is 30.3 Å². The average Bonchev–Trinajstić information content (AvgIpc) is 2.14. The quantitative estimate of drug-likeness (QED) is 0.700. The minimum absolute atomic E-state index is 0.282. The minimum atomic E-state index is -4.36. The lowest BCUT2D eigenvalue weighted by atomic mass is 10.1. The van der Waals surface area contributed by atoms with Crippen LogP contribution in [-0.4, -0.2) is 11.3 Å². The zero-order valence-corrected chi connectivity index (χ0v) is 7.91. The lowest BCUT2D eigenvalue weighted by molar-refractivity contribution is -0.0330. The third kappa shape index (κ3) is 4.00. The number of alkyl halides is 4. The molecule has 0 saturated carbocycles. The van der Waals surface area contributed by atoms with E-state index in [-0.39, 0.29) is 17.3 Å². The Labute approximate surface area is 83.3 Å². The Kier molecular flexibility index (Phi) is 3.80. The Morgan fingerprint density at radius 1 is 1.14 bits per heavy atom. The van der Waals surface area contributed by atoms with Gasteiger partial charge in [-0.1, -0.05) is 30.3 Å². The molecule has 0 radical (unpaired) electrons. The fourth-order valence-corrected chi connectivity index (χ4v) is 1.45. The van der Waals surface area contributed by atoms with E-state index in [2.05, 4.69) is 0 Å². The topological polar surface area (TPSA) is 0 Å². The summed E-state index contributed by atoms with van der Waals surface area (Å²) < 4.78 is 48.3. The van der Waals surface area contributed by atoms with Gasteiger partial charge in [0.15, 0.2) is 0 Å². The molecule has 0 spiro atoms. The first kappa shape index (κ1) is 11.4. The molecule has 78 valence electrons. The van der Waals surface area contributed by atoms with Gasteiger partial charge in [-0.05, 0) is 17.3 Å². The van der Waals surface area contributed by atoms with Gasteiger partial charge in [0.1, 0.15) is 6.17 Å². The molecule has 0 aromatic heterocycles. The Morgan fingerprint density at radius 3 is 2.21 bits per heavy atom. The summed E-state index contributed by atoms with van der Waals surface area (Å²) in [4.78, 5) is 0. The van der Waals surface area contributed by atoms with E-state index >= 15 is 0 Å². The van der Waals surface area contributed by atoms with E-state index in [1.165, 1.54) is 12.1 Å². The van der Waals surface area contributed by atoms with Gasteiger partial charge in [0.25, 0.3) is 0 Å². The molecule has 0 fully saturated rings. The summed E-state index contributed by atoms with van der Waals surface area (Å²) in [5.74, 6) is -0.590. The lowest BCUT2D eigenvalue weighted by Gasteiger charge is -2.09. The molecule has 0 nitrogen and oxygen atoms in total. The fourth-order valence-electron chi connectivity index (χ4n) is 0.926. The van der Waals surface area contributed by atoms with Crippen molar-refractivity contribution >= 4 is 11.8 Å².